The number of rotatable bonds is 2. The molecule has 2 aliphatic rings. The fourth-order valence-corrected chi connectivity index (χ4v) is 2.21. The lowest BCUT2D eigenvalue weighted by Crippen LogP contribution is -2.54. The van der Waals surface area contributed by atoms with E-state index in [-0.39, 0.29) is 29.5 Å². The highest BCUT2D eigenvalue weighted by Gasteiger charge is 2.41. The van der Waals surface area contributed by atoms with E-state index in [9.17, 15) is 4.79 Å². The standard InChI is InChI=1S/C11H20N2O3/c1-7-11(2,3-4-16-7)13-10(14)8-5-15-6-9(8)12/h7-9H,3-6,12H2,1-2H3,(H,13,14). The summed E-state index contributed by atoms with van der Waals surface area (Å²) in [6.07, 6.45) is 0.901. The summed E-state index contributed by atoms with van der Waals surface area (Å²) in [5.41, 5.74) is 5.55. The molecule has 2 aliphatic heterocycles. The first-order valence-corrected chi connectivity index (χ1v) is 5.80. The van der Waals surface area contributed by atoms with Gasteiger partial charge in [-0.1, -0.05) is 0 Å². The summed E-state index contributed by atoms with van der Waals surface area (Å²) in [6.45, 7) is 5.60. The van der Waals surface area contributed by atoms with Crippen LogP contribution >= 0.6 is 0 Å². The Labute approximate surface area is 95.7 Å². The molecule has 4 atom stereocenters. The monoisotopic (exact) mass is 228 g/mol. The maximum atomic E-state index is 12.0. The van der Waals surface area contributed by atoms with Crippen molar-refractivity contribution < 1.29 is 14.3 Å². The minimum absolute atomic E-state index is 0.00940. The predicted octanol–water partition coefficient (Wildman–Crippen LogP) is -0.356. The van der Waals surface area contributed by atoms with Crippen molar-refractivity contribution in [1.82, 2.24) is 5.32 Å². The first kappa shape index (κ1) is 11.8. The van der Waals surface area contributed by atoms with Crippen LogP contribution in [0.15, 0.2) is 0 Å². The molecule has 0 aliphatic carbocycles. The summed E-state index contributed by atoms with van der Waals surface area (Å²) >= 11 is 0. The molecule has 0 bridgehead atoms. The first-order valence-electron chi connectivity index (χ1n) is 5.80. The average Bonchev–Trinajstić information content (AvgIpc) is 2.75. The second-order valence-electron chi connectivity index (χ2n) is 4.98. The third-order valence-electron chi connectivity index (χ3n) is 3.76. The summed E-state index contributed by atoms with van der Waals surface area (Å²) in [6, 6.07) is -0.179. The Balaban J connectivity index is 1.96. The summed E-state index contributed by atoms with van der Waals surface area (Å²) in [4.78, 5) is 12.0. The Kier molecular flexibility index (Phi) is 3.19. The van der Waals surface area contributed by atoms with Crippen LogP contribution in [0.5, 0.6) is 0 Å². The van der Waals surface area contributed by atoms with Crippen LogP contribution in [-0.2, 0) is 14.3 Å². The van der Waals surface area contributed by atoms with E-state index in [4.69, 9.17) is 15.2 Å². The van der Waals surface area contributed by atoms with Gasteiger partial charge < -0.3 is 20.5 Å². The molecule has 0 saturated carbocycles. The number of ether oxygens (including phenoxy) is 2. The van der Waals surface area contributed by atoms with Gasteiger partial charge in [0, 0.05) is 12.6 Å². The van der Waals surface area contributed by atoms with Gasteiger partial charge in [-0.3, -0.25) is 4.79 Å². The van der Waals surface area contributed by atoms with Crippen LogP contribution in [0.3, 0.4) is 0 Å². The van der Waals surface area contributed by atoms with Crippen molar-refractivity contribution in [2.75, 3.05) is 19.8 Å². The van der Waals surface area contributed by atoms with E-state index in [1.807, 2.05) is 13.8 Å². The van der Waals surface area contributed by atoms with Gasteiger partial charge in [-0.2, -0.15) is 0 Å². The predicted molar refractivity (Wildman–Crippen MR) is 58.9 cm³/mol. The van der Waals surface area contributed by atoms with E-state index in [1.54, 1.807) is 0 Å². The van der Waals surface area contributed by atoms with Gasteiger partial charge in [0.25, 0.3) is 0 Å². The number of hydrogen-bond donors (Lipinski definition) is 2. The van der Waals surface area contributed by atoms with Crippen LogP contribution in [0.1, 0.15) is 20.3 Å². The van der Waals surface area contributed by atoms with Crippen LogP contribution in [0.4, 0.5) is 0 Å². The van der Waals surface area contributed by atoms with Crippen LogP contribution in [0.25, 0.3) is 0 Å². The minimum Gasteiger partial charge on any atom is -0.379 e. The van der Waals surface area contributed by atoms with Crippen molar-refractivity contribution in [3.05, 3.63) is 0 Å². The third kappa shape index (κ3) is 2.07. The van der Waals surface area contributed by atoms with Gasteiger partial charge in [-0.15, -0.1) is 0 Å². The third-order valence-corrected chi connectivity index (χ3v) is 3.76. The Hall–Kier alpha value is -0.650. The molecule has 0 spiro atoms. The molecule has 2 fully saturated rings. The molecule has 92 valence electrons. The largest absolute Gasteiger partial charge is 0.379 e. The van der Waals surface area contributed by atoms with Gasteiger partial charge in [0.15, 0.2) is 0 Å². The molecule has 5 heteroatoms. The first-order chi connectivity index (χ1) is 7.53. The highest BCUT2D eigenvalue weighted by Crippen LogP contribution is 2.26. The molecule has 1 amide bonds. The molecule has 16 heavy (non-hydrogen) atoms. The minimum atomic E-state index is -0.264. The molecule has 2 heterocycles. The van der Waals surface area contributed by atoms with E-state index >= 15 is 0 Å². The van der Waals surface area contributed by atoms with Crippen LogP contribution in [-0.4, -0.2) is 43.4 Å². The molecular weight excluding hydrogens is 208 g/mol. The van der Waals surface area contributed by atoms with E-state index in [0.717, 1.165) is 6.42 Å². The topological polar surface area (TPSA) is 73.6 Å². The zero-order valence-electron chi connectivity index (χ0n) is 9.86. The van der Waals surface area contributed by atoms with Gasteiger partial charge in [-0.25, -0.2) is 0 Å². The molecule has 2 rings (SSSR count). The van der Waals surface area contributed by atoms with Crippen molar-refractivity contribution in [3.63, 3.8) is 0 Å². The quantitative estimate of drug-likeness (QED) is 0.677. The Morgan fingerprint density at radius 2 is 2.25 bits per heavy atom. The number of carbonyl (C=O) groups is 1. The molecule has 5 nitrogen and oxygen atoms in total. The zero-order valence-corrected chi connectivity index (χ0v) is 9.86. The molecule has 0 aromatic carbocycles. The second-order valence-corrected chi connectivity index (χ2v) is 4.98. The number of hydrogen-bond acceptors (Lipinski definition) is 4. The molecular formula is C11H20N2O3. The molecule has 3 N–H and O–H groups in total. The lowest BCUT2D eigenvalue weighted by atomic mass is 9.92. The van der Waals surface area contributed by atoms with Gasteiger partial charge in [0.2, 0.25) is 5.91 Å². The molecule has 2 saturated heterocycles. The Morgan fingerprint density at radius 3 is 2.75 bits per heavy atom. The van der Waals surface area contributed by atoms with Crippen LogP contribution < -0.4 is 11.1 Å². The highest BCUT2D eigenvalue weighted by molar-refractivity contribution is 5.80. The summed E-state index contributed by atoms with van der Waals surface area (Å²) in [7, 11) is 0. The van der Waals surface area contributed by atoms with E-state index in [2.05, 4.69) is 5.32 Å². The van der Waals surface area contributed by atoms with Gasteiger partial charge in [-0.05, 0) is 20.3 Å². The Bertz CT molecular complexity index is 284. The Morgan fingerprint density at radius 1 is 1.50 bits per heavy atom. The van der Waals surface area contributed by atoms with Crippen molar-refractivity contribution in [2.45, 2.75) is 38.0 Å². The van der Waals surface area contributed by atoms with Gasteiger partial charge in [0.05, 0.1) is 30.8 Å². The number of nitrogens with one attached hydrogen (secondary N) is 1. The van der Waals surface area contributed by atoms with Crippen molar-refractivity contribution in [2.24, 2.45) is 11.7 Å². The average molecular weight is 228 g/mol. The normalized spacial score (nSPS) is 43.6. The molecule has 0 radical (unpaired) electrons. The molecule has 4 unspecified atom stereocenters. The van der Waals surface area contributed by atoms with Crippen molar-refractivity contribution in [1.29, 1.82) is 0 Å². The summed E-state index contributed by atoms with van der Waals surface area (Å²) < 4.78 is 10.7. The summed E-state index contributed by atoms with van der Waals surface area (Å²) in [5, 5.41) is 3.05. The second kappa shape index (κ2) is 4.31. The number of amides is 1. The lowest BCUT2D eigenvalue weighted by molar-refractivity contribution is -0.127. The fourth-order valence-electron chi connectivity index (χ4n) is 2.21. The fraction of sp³-hybridized carbons (Fsp3) is 0.909. The molecule has 0 aromatic rings. The lowest BCUT2D eigenvalue weighted by Gasteiger charge is -2.30. The molecule has 0 aromatic heterocycles. The van der Waals surface area contributed by atoms with Gasteiger partial charge >= 0.3 is 0 Å². The maximum absolute atomic E-state index is 12.0. The zero-order chi connectivity index (χ0) is 11.8. The van der Waals surface area contributed by atoms with E-state index in [1.165, 1.54) is 0 Å². The summed E-state index contributed by atoms with van der Waals surface area (Å²) in [5.74, 6) is -0.227. The van der Waals surface area contributed by atoms with E-state index < -0.39 is 0 Å². The van der Waals surface area contributed by atoms with Crippen LogP contribution in [0.2, 0.25) is 0 Å². The van der Waals surface area contributed by atoms with Crippen LogP contribution in [0, 0.1) is 5.92 Å². The SMILES string of the molecule is CC1OCCC1(C)NC(=O)C1COCC1N. The van der Waals surface area contributed by atoms with E-state index in [0.29, 0.717) is 19.8 Å². The van der Waals surface area contributed by atoms with Crippen molar-refractivity contribution >= 4 is 5.91 Å². The van der Waals surface area contributed by atoms with Crippen molar-refractivity contribution in [3.8, 4) is 0 Å². The highest BCUT2D eigenvalue weighted by atomic mass is 16.5. The smallest absolute Gasteiger partial charge is 0.227 e. The van der Waals surface area contributed by atoms with Gasteiger partial charge in [0.1, 0.15) is 0 Å². The number of nitrogens with two attached hydrogens (primary N) is 1. The maximum Gasteiger partial charge on any atom is 0.227 e. The number of carbonyl (C=O) groups excluding carboxylic acids is 1.